The van der Waals surface area contributed by atoms with Gasteiger partial charge in [0.25, 0.3) is 5.91 Å². The van der Waals surface area contributed by atoms with E-state index in [1.54, 1.807) is 12.0 Å². The number of methoxy groups -OCH3 is 1. The van der Waals surface area contributed by atoms with Gasteiger partial charge in [-0.1, -0.05) is 0 Å². The molecule has 2 aromatic rings. The minimum atomic E-state index is -0.833. The number of likely N-dealkylation sites (tertiary alicyclic amines) is 1. The normalized spacial score (nSPS) is 22.7. The first-order valence-corrected chi connectivity index (χ1v) is 9.52. The maximum atomic E-state index is 13.5. The molecular weight excluding hydrogens is 344 g/mol. The zero-order valence-corrected chi connectivity index (χ0v) is 15.6. The molecule has 0 radical (unpaired) electrons. The Morgan fingerprint density at radius 3 is 2.67 bits per heavy atom. The van der Waals surface area contributed by atoms with E-state index in [-0.39, 0.29) is 11.9 Å². The second-order valence-corrected chi connectivity index (χ2v) is 7.58. The highest BCUT2D eigenvalue weighted by Crippen LogP contribution is 2.41. The number of piperidine rings is 1. The Morgan fingerprint density at radius 2 is 2.00 bits per heavy atom. The SMILES string of the molecule is COc1ccc2nc(C3CC3)cc(C(=O)N3CCC[C@H](C(=O)O)[C@@H]3C)c2c1. The summed E-state index contributed by atoms with van der Waals surface area (Å²) in [5.41, 5.74) is 2.33. The number of aromatic nitrogens is 1. The molecule has 1 aliphatic heterocycles. The zero-order chi connectivity index (χ0) is 19.1. The summed E-state index contributed by atoms with van der Waals surface area (Å²) in [6.45, 7) is 2.41. The van der Waals surface area contributed by atoms with Crippen LogP contribution in [0.5, 0.6) is 5.75 Å². The van der Waals surface area contributed by atoms with Crippen molar-refractivity contribution in [1.82, 2.24) is 9.88 Å². The first kappa shape index (κ1) is 17.8. The molecule has 2 heterocycles. The van der Waals surface area contributed by atoms with Gasteiger partial charge in [0, 0.05) is 29.6 Å². The third-order valence-corrected chi connectivity index (χ3v) is 5.83. The van der Waals surface area contributed by atoms with E-state index in [0.717, 1.165) is 29.4 Å². The Morgan fingerprint density at radius 1 is 1.22 bits per heavy atom. The fourth-order valence-corrected chi connectivity index (χ4v) is 4.03. The predicted octanol–water partition coefficient (Wildman–Crippen LogP) is 3.45. The predicted molar refractivity (Wildman–Crippen MR) is 101 cm³/mol. The molecule has 1 aromatic heterocycles. The van der Waals surface area contributed by atoms with Crippen LogP contribution in [0.25, 0.3) is 10.9 Å². The standard InChI is InChI=1S/C21H24N2O4/c1-12-15(21(25)26)4-3-9-23(12)20(24)17-11-19(13-5-6-13)22-18-8-7-14(27-2)10-16(17)18/h7-8,10-13,15H,3-6,9H2,1-2H3,(H,25,26)/t12-,15-/m0/s1. The largest absolute Gasteiger partial charge is 0.497 e. The number of carbonyl (C=O) groups is 2. The van der Waals surface area contributed by atoms with Crippen molar-refractivity contribution < 1.29 is 19.4 Å². The van der Waals surface area contributed by atoms with Gasteiger partial charge in [-0.05, 0) is 56.9 Å². The molecular formula is C21H24N2O4. The summed E-state index contributed by atoms with van der Waals surface area (Å²) in [6, 6.07) is 7.15. The number of pyridine rings is 1. The number of carboxylic acids is 1. The highest BCUT2D eigenvalue weighted by molar-refractivity contribution is 6.07. The second-order valence-electron chi connectivity index (χ2n) is 7.58. The first-order chi connectivity index (χ1) is 13.0. The van der Waals surface area contributed by atoms with E-state index in [4.69, 9.17) is 9.72 Å². The molecule has 1 amide bonds. The molecule has 2 fully saturated rings. The Labute approximate surface area is 158 Å². The lowest BCUT2D eigenvalue weighted by Gasteiger charge is -2.37. The maximum Gasteiger partial charge on any atom is 0.308 e. The van der Waals surface area contributed by atoms with Crippen LogP contribution in [0.15, 0.2) is 24.3 Å². The van der Waals surface area contributed by atoms with Crippen molar-refractivity contribution in [1.29, 1.82) is 0 Å². The molecule has 1 aliphatic carbocycles. The highest BCUT2D eigenvalue weighted by Gasteiger charge is 2.36. The minimum absolute atomic E-state index is 0.115. The van der Waals surface area contributed by atoms with Crippen LogP contribution in [0.2, 0.25) is 0 Å². The van der Waals surface area contributed by atoms with E-state index >= 15 is 0 Å². The van der Waals surface area contributed by atoms with E-state index in [2.05, 4.69) is 0 Å². The smallest absolute Gasteiger partial charge is 0.308 e. The summed E-state index contributed by atoms with van der Waals surface area (Å²) in [5, 5.41) is 10.2. The number of benzene rings is 1. The lowest BCUT2D eigenvalue weighted by Crippen LogP contribution is -2.49. The number of fused-ring (bicyclic) bond motifs is 1. The van der Waals surface area contributed by atoms with Crippen LogP contribution < -0.4 is 4.74 Å². The average Bonchev–Trinajstić information content (AvgIpc) is 3.51. The zero-order valence-electron chi connectivity index (χ0n) is 15.6. The number of hydrogen-bond donors (Lipinski definition) is 1. The number of aliphatic carboxylic acids is 1. The average molecular weight is 368 g/mol. The maximum absolute atomic E-state index is 13.5. The number of amides is 1. The van der Waals surface area contributed by atoms with Gasteiger partial charge in [-0.3, -0.25) is 14.6 Å². The van der Waals surface area contributed by atoms with Gasteiger partial charge < -0.3 is 14.7 Å². The number of rotatable bonds is 4. The van der Waals surface area contributed by atoms with Gasteiger partial charge in [0.1, 0.15) is 5.75 Å². The molecule has 27 heavy (non-hydrogen) atoms. The minimum Gasteiger partial charge on any atom is -0.497 e. The van der Waals surface area contributed by atoms with Crippen LogP contribution in [0.1, 0.15) is 54.6 Å². The van der Waals surface area contributed by atoms with Gasteiger partial charge in [0.15, 0.2) is 0 Å². The summed E-state index contributed by atoms with van der Waals surface area (Å²) in [5.74, 6) is -0.370. The molecule has 0 bridgehead atoms. The van der Waals surface area contributed by atoms with E-state index in [0.29, 0.717) is 36.6 Å². The van der Waals surface area contributed by atoms with Crippen LogP contribution in [0.3, 0.4) is 0 Å². The molecule has 2 aliphatic rings. The number of hydrogen-bond acceptors (Lipinski definition) is 4. The number of carbonyl (C=O) groups excluding carboxylic acids is 1. The summed E-state index contributed by atoms with van der Waals surface area (Å²) >= 11 is 0. The summed E-state index contributed by atoms with van der Waals surface area (Å²) in [6.07, 6.45) is 3.51. The molecule has 1 saturated carbocycles. The number of carboxylic acid groups (broad SMARTS) is 1. The van der Waals surface area contributed by atoms with Gasteiger partial charge >= 0.3 is 5.97 Å². The van der Waals surface area contributed by atoms with Crippen LogP contribution in [-0.4, -0.2) is 46.6 Å². The van der Waals surface area contributed by atoms with Crippen LogP contribution in [0, 0.1) is 5.92 Å². The van der Waals surface area contributed by atoms with Gasteiger partial charge in [0.2, 0.25) is 0 Å². The molecule has 6 nitrogen and oxygen atoms in total. The molecule has 6 heteroatoms. The fourth-order valence-electron chi connectivity index (χ4n) is 4.03. The summed E-state index contributed by atoms with van der Waals surface area (Å²) < 4.78 is 5.33. The number of nitrogens with zero attached hydrogens (tertiary/aromatic N) is 2. The molecule has 1 saturated heterocycles. The van der Waals surface area contributed by atoms with E-state index in [1.165, 1.54) is 0 Å². The van der Waals surface area contributed by atoms with Crippen LogP contribution >= 0.6 is 0 Å². The lowest BCUT2D eigenvalue weighted by atomic mass is 9.89. The van der Waals surface area contributed by atoms with Crippen molar-refractivity contribution >= 4 is 22.8 Å². The molecule has 1 N–H and O–H groups in total. The van der Waals surface area contributed by atoms with Crippen molar-refractivity contribution in [2.75, 3.05) is 13.7 Å². The Balaban J connectivity index is 1.78. The Kier molecular flexibility index (Phi) is 4.50. The van der Waals surface area contributed by atoms with Crippen molar-refractivity contribution in [3.63, 3.8) is 0 Å². The molecule has 0 spiro atoms. The highest BCUT2D eigenvalue weighted by atomic mass is 16.5. The van der Waals surface area contributed by atoms with Crippen molar-refractivity contribution in [3.05, 3.63) is 35.5 Å². The molecule has 2 atom stereocenters. The summed E-state index contributed by atoms with van der Waals surface area (Å²) in [7, 11) is 1.60. The van der Waals surface area contributed by atoms with Crippen molar-refractivity contribution in [3.8, 4) is 5.75 Å². The first-order valence-electron chi connectivity index (χ1n) is 9.52. The Hall–Kier alpha value is -2.63. The third kappa shape index (κ3) is 3.24. The van der Waals surface area contributed by atoms with Gasteiger partial charge in [-0.25, -0.2) is 0 Å². The molecule has 1 aromatic carbocycles. The topological polar surface area (TPSA) is 79.7 Å². The van der Waals surface area contributed by atoms with Crippen molar-refractivity contribution in [2.45, 2.75) is 44.6 Å². The molecule has 4 rings (SSSR count). The second kappa shape index (κ2) is 6.83. The van der Waals surface area contributed by atoms with E-state index in [1.807, 2.05) is 31.2 Å². The summed E-state index contributed by atoms with van der Waals surface area (Å²) in [4.78, 5) is 31.5. The van der Waals surface area contributed by atoms with Crippen LogP contribution in [-0.2, 0) is 4.79 Å². The van der Waals surface area contributed by atoms with Crippen molar-refractivity contribution in [2.24, 2.45) is 5.92 Å². The van der Waals surface area contributed by atoms with Gasteiger partial charge in [-0.2, -0.15) is 0 Å². The third-order valence-electron chi connectivity index (χ3n) is 5.83. The molecule has 0 unspecified atom stereocenters. The van der Waals surface area contributed by atoms with Gasteiger partial charge in [-0.15, -0.1) is 0 Å². The Bertz CT molecular complexity index is 906. The lowest BCUT2D eigenvalue weighted by molar-refractivity contribution is -0.144. The van der Waals surface area contributed by atoms with Crippen LogP contribution in [0.4, 0.5) is 0 Å². The molecule has 142 valence electrons. The van der Waals surface area contributed by atoms with E-state index < -0.39 is 11.9 Å². The number of ether oxygens (including phenoxy) is 1. The quantitative estimate of drug-likeness (QED) is 0.894. The fraction of sp³-hybridized carbons (Fsp3) is 0.476. The van der Waals surface area contributed by atoms with E-state index in [9.17, 15) is 14.7 Å². The van der Waals surface area contributed by atoms with Gasteiger partial charge in [0.05, 0.1) is 24.1 Å². The monoisotopic (exact) mass is 368 g/mol.